The zero-order valence-corrected chi connectivity index (χ0v) is 19.5. The van der Waals surface area contributed by atoms with Crippen molar-refractivity contribution in [1.29, 1.82) is 0 Å². The van der Waals surface area contributed by atoms with Gasteiger partial charge in [0.2, 0.25) is 11.8 Å². The van der Waals surface area contributed by atoms with Gasteiger partial charge in [-0.05, 0) is 79.5 Å². The van der Waals surface area contributed by atoms with Crippen LogP contribution in [-0.2, 0) is 16.0 Å². The molecule has 1 saturated heterocycles. The molecule has 5 rings (SSSR count). The average molecular weight is 484 g/mol. The minimum atomic E-state index is -0.676. The minimum Gasteiger partial charge on any atom is -0.356 e. The fraction of sp³-hybridized carbons (Fsp3) is 0.407. The second-order valence-electron chi connectivity index (χ2n) is 10.1. The van der Waals surface area contributed by atoms with Crippen molar-refractivity contribution in [3.63, 3.8) is 0 Å². The Morgan fingerprint density at radius 1 is 1.11 bits per heavy atom. The maximum absolute atomic E-state index is 14.5. The molecular weight excluding hydrogens is 455 g/mol. The number of halogens is 3. The van der Waals surface area contributed by atoms with Gasteiger partial charge in [0.25, 0.3) is 0 Å². The molecule has 2 amide bonds. The zero-order chi connectivity index (χ0) is 24.7. The number of fused-ring (bicyclic) bond motifs is 1. The van der Waals surface area contributed by atoms with E-state index in [0.29, 0.717) is 55.4 Å². The summed E-state index contributed by atoms with van der Waals surface area (Å²) in [5, 5.41) is 6.27. The molecule has 0 bridgehead atoms. The summed E-state index contributed by atoms with van der Waals surface area (Å²) < 4.78 is 42.0. The van der Waals surface area contributed by atoms with E-state index in [1.807, 2.05) is 6.92 Å². The van der Waals surface area contributed by atoms with Crippen LogP contribution in [0.25, 0.3) is 22.2 Å². The summed E-state index contributed by atoms with van der Waals surface area (Å²) in [4.78, 5) is 27.6. The molecule has 2 fully saturated rings. The van der Waals surface area contributed by atoms with E-state index >= 15 is 0 Å². The quantitative estimate of drug-likeness (QED) is 0.449. The normalized spacial score (nSPS) is 23.8. The lowest BCUT2D eigenvalue weighted by molar-refractivity contribution is -0.130. The van der Waals surface area contributed by atoms with E-state index in [1.165, 1.54) is 18.2 Å². The van der Waals surface area contributed by atoms with E-state index in [2.05, 4.69) is 15.6 Å². The fourth-order valence-electron chi connectivity index (χ4n) is 5.38. The zero-order valence-electron chi connectivity index (χ0n) is 19.5. The number of nitrogens with one attached hydrogen (secondary N) is 3. The fourth-order valence-corrected chi connectivity index (χ4v) is 5.38. The number of benzene rings is 2. The molecule has 1 atom stereocenters. The highest BCUT2D eigenvalue weighted by molar-refractivity contribution is 5.91. The van der Waals surface area contributed by atoms with Crippen LogP contribution in [0.4, 0.5) is 13.2 Å². The maximum atomic E-state index is 14.5. The highest BCUT2D eigenvalue weighted by atomic mass is 19.1. The lowest BCUT2D eigenvalue weighted by atomic mass is 9.71. The number of rotatable bonds is 7. The Hall–Kier alpha value is -3.29. The molecule has 5 nitrogen and oxygen atoms in total. The van der Waals surface area contributed by atoms with Crippen LogP contribution in [0.15, 0.2) is 36.4 Å². The van der Waals surface area contributed by atoms with Gasteiger partial charge in [-0.1, -0.05) is 6.92 Å². The molecular formula is C27H28F3N3O2. The van der Waals surface area contributed by atoms with Crippen molar-refractivity contribution in [3.8, 4) is 11.3 Å². The molecule has 2 aromatic carbocycles. The van der Waals surface area contributed by atoms with Crippen molar-refractivity contribution < 1.29 is 22.8 Å². The summed E-state index contributed by atoms with van der Waals surface area (Å²) in [5.41, 5.74) is 1.90. The molecule has 2 heterocycles. The lowest BCUT2D eigenvalue weighted by Crippen LogP contribution is -2.41. The lowest BCUT2D eigenvalue weighted by Gasteiger charge is -2.34. The first-order chi connectivity index (χ1) is 16.7. The molecule has 1 saturated carbocycles. The van der Waals surface area contributed by atoms with Gasteiger partial charge in [-0.2, -0.15) is 0 Å². The van der Waals surface area contributed by atoms with Gasteiger partial charge < -0.3 is 15.6 Å². The van der Waals surface area contributed by atoms with Gasteiger partial charge >= 0.3 is 0 Å². The van der Waals surface area contributed by atoms with E-state index in [4.69, 9.17) is 0 Å². The Kier molecular flexibility index (Phi) is 6.07. The van der Waals surface area contributed by atoms with E-state index in [1.54, 1.807) is 12.1 Å². The van der Waals surface area contributed by atoms with Gasteiger partial charge in [-0.3, -0.25) is 9.59 Å². The van der Waals surface area contributed by atoms with E-state index < -0.39 is 17.0 Å². The molecule has 1 aliphatic carbocycles. The molecule has 0 spiro atoms. The molecule has 184 valence electrons. The van der Waals surface area contributed by atoms with E-state index in [9.17, 15) is 22.8 Å². The number of aromatic nitrogens is 1. The predicted molar refractivity (Wildman–Crippen MR) is 127 cm³/mol. The molecule has 1 unspecified atom stereocenters. The molecule has 35 heavy (non-hydrogen) atoms. The van der Waals surface area contributed by atoms with Crippen molar-refractivity contribution in [1.82, 2.24) is 15.6 Å². The van der Waals surface area contributed by atoms with E-state index in [0.717, 1.165) is 18.1 Å². The van der Waals surface area contributed by atoms with Gasteiger partial charge in [0.1, 0.15) is 17.5 Å². The largest absolute Gasteiger partial charge is 0.356 e. The van der Waals surface area contributed by atoms with Crippen LogP contribution in [0.1, 0.15) is 38.2 Å². The van der Waals surface area contributed by atoms with Crippen molar-refractivity contribution in [3.05, 3.63) is 59.4 Å². The summed E-state index contributed by atoms with van der Waals surface area (Å²) in [7, 11) is 0. The third-order valence-electron chi connectivity index (χ3n) is 7.65. The van der Waals surface area contributed by atoms with Crippen molar-refractivity contribution >= 4 is 22.7 Å². The van der Waals surface area contributed by atoms with Crippen LogP contribution in [0.3, 0.4) is 0 Å². The number of hydrogen-bond donors (Lipinski definition) is 3. The first-order valence-electron chi connectivity index (χ1n) is 12.0. The number of aromatic amines is 1. The van der Waals surface area contributed by atoms with Crippen LogP contribution in [-0.4, -0.2) is 29.9 Å². The number of H-pyrrole nitrogens is 1. The van der Waals surface area contributed by atoms with Gasteiger partial charge in [0.05, 0.1) is 5.52 Å². The molecule has 8 heteroatoms. The maximum Gasteiger partial charge on any atom is 0.226 e. The summed E-state index contributed by atoms with van der Waals surface area (Å²) in [6.45, 7) is 3.06. The van der Waals surface area contributed by atoms with Crippen molar-refractivity contribution in [2.24, 2.45) is 17.3 Å². The monoisotopic (exact) mass is 483 g/mol. The Bertz CT molecular complexity index is 1280. The number of carbonyl (C=O) groups is 2. The number of amides is 2. The molecule has 1 aliphatic heterocycles. The van der Waals surface area contributed by atoms with Gasteiger partial charge in [-0.15, -0.1) is 0 Å². The molecule has 1 aromatic heterocycles. The Morgan fingerprint density at radius 3 is 2.54 bits per heavy atom. The first kappa shape index (κ1) is 23.5. The second kappa shape index (κ2) is 9.06. The van der Waals surface area contributed by atoms with Gasteiger partial charge in [-0.25, -0.2) is 13.2 Å². The Labute approximate surface area is 201 Å². The van der Waals surface area contributed by atoms with Crippen molar-refractivity contribution in [2.45, 2.75) is 39.0 Å². The van der Waals surface area contributed by atoms with E-state index in [-0.39, 0.29) is 35.0 Å². The topological polar surface area (TPSA) is 74.0 Å². The van der Waals surface area contributed by atoms with Crippen molar-refractivity contribution in [2.75, 3.05) is 13.1 Å². The molecule has 2 aliphatic rings. The average Bonchev–Trinajstić information content (AvgIpc) is 3.31. The predicted octanol–water partition coefficient (Wildman–Crippen LogP) is 4.85. The number of carbonyl (C=O) groups excluding carboxylic acids is 2. The SMILES string of the molecule is CC1(CCNC(=O)C2CC(Cc3c(-c4ccc(F)cc4)[nH]c4c(F)cc(F)cc34)C2)CCNC1=O. The minimum absolute atomic E-state index is 0.0157. The summed E-state index contributed by atoms with van der Waals surface area (Å²) >= 11 is 0. The summed E-state index contributed by atoms with van der Waals surface area (Å²) in [6.07, 6.45) is 3.29. The van der Waals surface area contributed by atoms with Crippen LogP contribution >= 0.6 is 0 Å². The first-order valence-corrected chi connectivity index (χ1v) is 12.0. The van der Waals surface area contributed by atoms with Crippen LogP contribution in [0.5, 0.6) is 0 Å². The summed E-state index contributed by atoms with van der Waals surface area (Å²) in [5.74, 6) is -1.61. The van der Waals surface area contributed by atoms with Gasteiger partial charge in [0, 0.05) is 41.6 Å². The standard InChI is InChI=1S/C27H28F3N3O2/c1-27(7-9-32-26(27)35)6-8-31-25(34)17-10-15(11-17)12-20-21-13-19(29)14-22(30)24(21)33-23(20)16-2-4-18(28)5-3-16/h2-5,13-15,17,33H,6-12H2,1H3,(H,31,34)(H,32,35). The highest BCUT2D eigenvalue weighted by Crippen LogP contribution is 2.41. The number of hydrogen-bond acceptors (Lipinski definition) is 2. The molecule has 0 radical (unpaired) electrons. The smallest absolute Gasteiger partial charge is 0.226 e. The third-order valence-corrected chi connectivity index (χ3v) is 7.65. The van der Waals surface area contributed by atoms with Gasteiger partial charge in [0.15, 0.2) is 0 Å². The van der Waals surface area contributed by atoms with Crippen LogP contribution < -0.4 is 10.6 Å². The molecule has 3 aromatic rings. The van der Waals surface area contributed by atoms with Crippen LogP contribution in [0.2, 0.25) is 0 Å². The Balaban J connectivity index is 1.26. The third kappa shape index (κ3) is 4.54. The van der Waals surface area contributed by atoms with Crippen LogP contribution in [0, 0.1) is 34.7 Å². The highest BCUT2D eigenvalue weighted by Gasteiger charge is 2.38. The second-order valence-corrected chi connectivity index (χ2v) is 10.1. The summed E-state index contributed by atoms with van der Waals surface area (Å²) in [6, 6.07) is 8.05. The molecule has 3 N–H and O–H groups in total. The Morgan fingerprint density at radius 2 is 1.86 bits per heavy atom.